The number of imidazole rings is 1. The van der Waals surface area contributed by atoms with E-state index in [2.05, 4.69) is 34.8 Å². The molecule has 1 heterocycles. The van der Waals surface area contributed by atoms with Crippen LogP contribution in [0.2, 0.25) is 0 Å². The summed E-state index contributed by atoms with van der Waals surface area (Å²) >= 11 is 3.24. The van der Waals surface area contributed by atoms with E-state index in [9.17, 15) is 4.39 Å². The molecule has 0 spiro atoms. The fourth-order valence-corrected chi connectivity index (χ4v) is 2.77. The molecule has 0 aliphatic carbocycles. The maximum absolute atomic E-state index is 13.5. The van der Waals surface area contributed by atoms with E-state index < -0.39 is 0 Å². The van der Waals surface area contributed by atoms with Gasteiger partial charge in [-0.1, -0.05) is 13.8 Å². The molecule has 3 aromatic rings. The van der Waals surface area contributed by atoms with Crippen LogP contribution in [0.25, 0.3) is 16.7 Å². The minimum atomic E-state index is -0.279. The Kier molecular flexibility index (Phi) is 3.45. The van der Waals surface area contributed by atoms with Crippen molar-refractivity contribution in [3.05, 3.63) is 52.5 Å². The Morgan fingerprint density at radius 3 is 2.62 bits per heavy atom. The molecule has 2 aromatic carbocycles. The van der Waals surface area contributed by atoms with E-state index in [-0.39, 0.29) is 11.7 Å². The van der Waals surface area contributed by atoms with Crippen LogP contribution in [-0.2, 0) is 0 Å². The third-order valence-corrected chi connectivity index (χ3v) is 3.99. The Hall–Kier alpha value is -1.88. The van der Waals surface area contributed by atoms with E-state index in [0.29, 0.717) is 10.2 Å². The number of hydrogen-bond donors (Lipinski definition) is 1. The van der Waals surface area contributed by atoms with Gasteiger partial charge in [-0.15, -0.1) is 0 Å². The minimum absolute atomic E-state index is 0.238. The van der Waals surface area contributed by atoms with Crippen LogP contribution >= 0.6 is 15.9 Å². The van der Waals surface area contributed by atoms with Crippen molar-refractivity contribution in [3.63, 3.8) is 0 Å². The van der Waals surface area contributed by atoms with Crippen molar-refractivity contribution in [2.45, 2.75) is 19.8 Å². The van der Waals surface area contributed by atoms with Crippen molar-refractivity contribution in [2.24, 2.45) is 0 Å². The van der Waals surface area contributed by atoms with E-state index in [4.69, 9.17) is 5.73 Å². The first-order valence-corrected chi connectivity index (χ1v) is 7.50. The molecule has 0 amide bonds. The lowest BCUT2D eigenvalue weighted by Crippen LogP contribution is -2.03. The normalized spacial score (nSPS) is 11.5. The second-order valence-corrected chi connectivity index (χ2v) is 6.16. The fourth-order valence-electron chi connectivity index (χ4n) is 2.40. The van der Waals surface area contributed by atoms with Crippen LogP contribution in [0.15, 0.2) is 40.9 Å². The van der Waals surface area contributed by atoms with Crippen molar-refractivity contribution in [2.75, 3.05) is 5.73 Å². The van der Waals surface area contributed by atoms with Gasteiger partial charge in [0.2, 0.25) is 0 Å². The fraction of sp³-hybridized carbons (Fsp3) is 0.188. The summed E-state index contributed by atoms with van der Waals surface area (Å²) in [5.74, 6) is 0.884. The first-order chi connectivity index (χ1) is 9.97. The Morgan fingerprint density at radius 2 is 1.95 bits per heavy atom. The lowest BCUT2D eigenvalue weighted by Gasteiger charge is -2.12. The number of nitrogens with two attached hydrogens (primary N) is 1. The zero-order valence-corrected chi connectivity index (χ0v) is 13.4. The molecule has 0 saturated carbocycles. The molecule has 0 fully saturated rings. The van der Waals surface area contributed by atoms with E-state index >= 15 is 0 Å². The summed E-state index contributed by atoms with van der Waals surface area (Å²) < 4.78 is 16.0. The Labute approximate surface area is 130 Å². The predicted octanol–water partition coefficient (Wildman–Crippen LogP) is 4.63. The lowest BCUT2D eigenvalue weighted by atomic mass is 10.2. The largest absolute Gasteiger partial charge is 0.399 e. The molecule has 0 radical (unpaired) electrons. The maximum Gasteiger partial charge on any atom is 0.137 e. The molecule has 5 heteroatoms. The van der Waals surface area contributed by atoms with Crippen molar-refractivity contribution >= 4 is 32.7 Å². The van der Waals surface area contributed by atoms with Crippen molar-refractivity contribution in [1.82, 2.24) is 9.55 Å². The van der Waals surface area contributed by atoms with Gasteiger partial charge in [-0.2, -0.15) is 0 Å². The summed E-state index contributed by atoms with van der Waals surface area (Å²) in [7, 11) is 0. The maximum atomic E-state index is 13.5. The Bertz CT molecular complexity index is 824. The smallest absolute Gasteiger partial charge is 0.137 e. The second-order valence-electron chi connectivity index (χ2n) is 5.31. The molecule has 21 heavy (non-hydrogen) atoms. The highest BCUT2D eigenvalue weighted by Crippen LogP contribution is 2.29. The standard InChI is InChI=1S/C16H15BrFN3/c1-9(2)16-20-14-7-10(19)3-6-15(14)21(16)11-4-5-13(18)12(17)8-11/h3-9H,19H2,1-2H3. The van der Waals surface area contributed by atoms with E-state index in [0.717, 1.165) is 22.5 Å². The average molecular weight is 348 g/mol. The number of fused-ring (bicyclic) bond motifs is 1. The first-order valence-electron chi connectivity index (χ1n) is 6.70. The molecule has 0 saturated heterocycles. The molecule has 0 aliphatic heterocycles. The third-order valence-electron chi connectivity index (χ3n) is 3.38. The number of nitrogen functional groups attached to an aromatic ring is 1. The minimum Gasteiger partial charge on any atom is -0.399 e. The van der Waals surface area contributed by atoms with Crippen molar-refractivity contribution in [3.8, 4) is 5.69 Å². The van der Waals surface area contributed by atoms with Gasteiger partial charge in [0, 0.05) is 17.3 Å². The van der Waals surface area contributed by atoms with Crippen LogP contribution < -0.4 is 5.73 Å². The summed E-state index contributed by atoms with van der Waals surface area (Å²) in [6.07, 6.45) is 0. The Balaban J connectivity index is 2.33. The highest BCUT2D eigenvalue weighted by atomic mass is 79.9. The zero-order chi connectivity index (χ0) is 15.1. The summed E-state index contributed by atoms with van der Waals surface area (Å²) in [6, 6.07) is 10.6. The molecule has 2 N–H and O–H groups in total. The highest BCUT2D eigenvalue weighted by Gasteiger charge is 2.16. The Morgan fingerprint density at radius 1 is 1.19 bits per heavy atom. The number of rotatable bonds is 2. The molecule has 3 nitrogen and oxygen atoms in total. The third kappa shape index (κ3) is 2.42. The molecular weight excluding hydrogens is 333 g/mol. The zero-order valence-electron chi connectivity index (χ0n) is 11.8. The van der Waals surface area contributed by atoms with Crippen LogP contribution in [0.4, 0.5) is 10.1 Å². The van der Waals surface area contributed by atoms with Crippen molar-refractivity contribution < 1.29 is 4.39 Å². The van der Waals surface area contributed by atoms with E-state index in [1.165, 1.54) is 6.07 Å². The number of hydrogen-bond acceptors (Lipinski definition) is 2. The molecular formula is C16H15BrFN3. The van der Waals surface area contributed by atoms with Gasteiger partial charge in [0.1, 0.15) is 11.6 Å². The van der Waals surface area contributed by atoms with Gasteiger partial charge in [0.25, 0.3) is 0 Å². The number of benzene rings is 2. The van der Waals surface area contributed by atoms with Crippen LogP contribution in [-0.4, -0.2) is 9.55 Å². The van der Waals surface area contributed by atoms with Crippen molar-refractivity contribution in [1.29, 1.82) is 0 Å². The van der Waals surface area contributed by atoms with Crippen LogP contribution in [0.5, 0.6) is 0 Å². The van der Waals surface area contributed by atoms with Crippen LogP contribution in [0.1, 0.15) is 25.6 Å². The number of aromatic nitrogens is 2. The molecule has 0 aliphatic rings. The molecule has 108 valence electrons. The summed E-state index contributed by atoms with van der Waals surface area (Å²) in [5.41, 5.74) is 9.20. The van der Waals surface area contributed by atoms with E-state index in [1.54, 1.807) is 12.1 Å². The second kappa shape index (κ2) is 5.15. The lowest BCUT2D eigenvalue weighted by molar-refractivity contribution is 0.620. The molecule has 1 aromatic heterocycles. The summed E-state index contributed by atoms with van der Waals surface area (Å²) in [5, 5.41) is 0. The first kappa shape index (κ1) is 14.1. The number of anilines is 1. The van der Waals surface area contributed by atoms with Crippen LogP contribution in [0.3, 0.4) is 0 Å². The monoisotopic (exact) mass is 347 g/mol. The van der Waals surface area contributed by atoms with Gasteiger partial charge in [0.05, 0.1) is 15.5 Å². The van der Waals surface area contributed by atoms with Gasteiger partial charge in [0.15, 0.2) is 0 Å². The molecule has 0 unspecified atom stereocenters. The van der Waals surface area contributed by atoms with Gasteiger partial charge < -0.3 is 5.73 Å². The van der Waals surface area contributed by atoms with Gasteiger partial charge in [-0.25, -0.2) is 9.37 Å². The number of halogens is 2. The van der Waals surface area contributed by atoms with Gasteiger partial charge in [-0.05, 0) is 52.3 Å². The molecule has 3 rings (SSSR count). The van der Waals surface area contributed by atoms with Gasteiger partial charge in [-0.3, -0.25) is 4.57 Å². The van der Waals surface area contributed by atoms with E-state index in [1.807, 2.05) is 22.8 Å². The van der Waals surface area contributed by atoms with Gasteiger partial charge >= 0.3 is 0 Å². The number of nitrogens with zero attached hydrogens (tertiary/aromatic N) is 2. The topological polar surface area (TPSA) is 43.8 Å². The van der Waals surface area contributed by atoms with Crippen LogP contribution in [0, 0.1) is 5.82 Å². The highest BCUT2D eigenvalue weighted by molar-refractivity contribution is 9.10. The predicted molar refractivity (Wildman–Crippen MR) is 87.2 cm³/mol. The average Bonchev–Trinajstić information content (AvgIpc) is 2.80. The quantitative estimate of drug-likeness (QED) is 0.686. The SMILES string of the molecule is CC(C)c1nc2cc(N)ccc2n1-c1ccc(F)c(Br)c1. The molecule has 0 bridgehead atoms. The summed E-state index contributed by atoms with van der Waals surface area (Å²) in [4.78, 5) is 4.68. The molecule has 0 atom stereocenters. The summed E-state index contributed by atoms with van der Waals surface area (Å²) in [6.45, 7) is 4.17.